The van der Waals surface area contributed by atoms with Gasteiger partial charge in [0.1, 0.15) is 12.3 Å². The largest absolute Gasteiger partial charge is 0.394 e. The third-order valence-electron chi connectivity index (χ3n) is 3.46. The summed E-state index contributed by atoms with van der Waals surface area (Å²) >= 11 is 3.23. The summed E-state index contributed by atoms with van der Waals surface area (Å²) in [7, 11) is 1.46. The van der Waals surface area contributed by atoms with Gasteiger partial charge in [-0.3, -0.25) is 14.3 Å². The molecule has 3 N–H and O–H groups in total. The van der Waals surface area contributed by atoms with E-state index >= 15 is 0 Å². The van der Waals surface area contributed by atoms with Crippen LogP contribution in [0.3, 0.4) is 0 Å². The minimum Gasteiger partial charge on any atom is -0.394 e. The van der Waals surface area contributed by atoms with Crippen molar-refractivity contribution in [3.05, 3.63) is 32.6 Å². The van der Waals surface area contributed by atoms with Crippen LogP contribution in [0, 0.1) is 0 Å². The number of aromatic amines is 1. The Bertz CT molecular complexity index is 596. The molecule has 0 saturated carbocycles. The van der Waals surface area contributed by atoms with Gasteiger partial charge in [0, 0.05) is 25.1 Å². The molecule has 1 saturated heterocycles. The van der Waals surface area contributed by atoms with Crippen LogP contribution in [0.15, 0.2) is 15.8 Å². The van der Waals surface area contributed by atoms with Crippen LogP contribution in [0.4, 0.5) is 0 Å². The highest BCUT2D eigenvalue weighted by atomic mass is 79.9. The minimum atomic E-state index is -0.864. The van der Waals surface area contributed by atoms with Crippen LogP contribution in [0.25, 0.3) is 0 Å². The lowest BCUT2D eigenvalue weighted by Crippen LogP contribution is -2.35. The van der Waals surface area contributed by atoms with Gasteiger partial charge in [-0.25, -0.2) is 4.79 Å². The van der Waals surface area contributed by atoms with Crippen LogP contribution in [0.2, 0.25) is 0 Å². The van der Waals surface area contributed by atoms with Crippen molar-refractivity contribution < 1.29 is 19.7 Å². The zero-order valence-corrected chi connectivity index (χ0v) is 12.9. The van der Waals surface area contributed by atoms with Crippen LogP contribution >= 0.6 is 15.9 Å². The first-order valence-corrected chi connectivity index (χ1v) is 7.52. The summed E-state index contributed by atoms with van der Waals surface area (Å²) in [5.41, 5.74) is -0.886. The van der Waals surface area contributed by atoms with E-state index in [1.165, 1.54) is 17.9 Å². The third kappa shape index (κ3) is 3.27. The second-order valence-electron chi connectivity index (χ2n) is 4.74. The van der Waals surface area contributed by atoms with Gasteiger partial charge in [0.05, 0.1) is 24.4 Å². The number of aliphatic hydroxyl groups is 2. The van der Waals surface area contributed by atoms with Crippen molar-refractivity contribution in [3.8, 4) is 0 Å². The van der Waals surface area contributed by atoms with Crippen molar-refractivity contribution in [2.75, 3.05) is 19.0 Å². The van der Waals surface area contributed by atoms with Gasteiger partial charge >= 0.3 is 5.69 Å². The SMILES string of the molecule is COC(CBr)c1cn([C@H]2C[C@H](O)[C@@H](CO)O2)c(=O)[nH]c1=O. The molecule has 2 rings (SSSR count). The van der Waals surface area contributed by atoms with Gasteiger partial charge < -0.3 is 19.7 Å². The van der Waals surface area contributed by atoms with Gasteiger partial charge in [0.25, 0.3) is 5.56 Å². The number of aromatic nitrogens is 2. The molecular formula is C12H17BrN2O6. The second-order valence-corrected chi connectivity index (χ2v) is 5.39. The first-order chi connectivity index (χ1) is 10.0. The number of halogens is 1. The van der Waals surface area contributed by atoms with Crippen LogP contribution in [0.5, 0.6) is 0 Å². The number of aliphatic hydroxyl groups excluding tert-OH is 2. The summed E-state index contributed by atoms with van der Waals surface area (Å²) in [6.45, 7) is -0.343. The molecule has 0 aromatic carbocycles. The minimum absolute atomic E-state index is 0.155. The van der Waals surface area contributed by atoms with Gasteiger partial charge in [0.15, 0.2) is 0 Å². The number of nitrogens with one attached hydrogen (secondary N) is 1. The Morgan fingerprint density at radius 2 is 2.33 bits per heavy atom. The average Bonchev–Trinajstić information content (AvgIpc) is 2.83. The maximum atomic E-state index is 11.9. The molecule has 1 unspecified atom stereocenters. The number of alkyl halides is 1. The molecule has 4 atom stereocenters. The van der Waals surface area contributed by atoms with Gasteiger partial charge in [-0.2, -0.15) is 0 Å². The number of nitrogens with zero attached hydrogens (tertiary/aromatic N) is 1. The van der Waals surface area contributed by atoms with Crippen LogP contribution < -0.4 is 11.2 Å². The van der Waals surface area contributed by atoms with Crippen LogP contribution in [-0.2, 0) is 9.47 Å². The van der Waals surface area contributed by atoms with E-state index in [9.17, 15) is 14.7 Å². The Hall–Kier alpha value is -1.00. The highest BCUT2D eigenvalue weighted by molar-refractivity contribution is 9.09. The van der Waals surface area contributed by atoms with Crippen LogP contribution in [0.1, 0.15) is 24.3 Å². The molecule has 9 heteroatoms. The Kier molecular flexibility index (Phi) is 5.33. The number of hydrogen-bond donors (Lipinski definition) is 3. The topological polar surface area (TPSA) is 114 Å². The molecule has 1 aromatic rings. The fourth-order valence-electron chi connectivity index (χ4n) is 2.27. The number of H-pyrrole nitrogens is 1. The lowest BCUT2D eigenvalue weighted by atomic mass is 10.2. The van der Waals surface area contributed by atoms with Crippen molar-refractivity contribution in [2.24, 2.45) is 0 Å². The first kappa shape index (κ1) is 16.4. The molecule has 0 radical (unpaired) electrons. The van der Waals surface area contributed by atoms with Crippen molar-refractivity contribution in [2.45, 2.75) is 31.0 Å². The highest BCUT2D eigenvalue weighted by Gasteiger charge is 2.35. The zero-order valence-electron chi connectivity index (χ0n) is 11.4. The predicted octanol–water partition coefficient (Wildman–Crippen LogP) is -0.740. The first-order valence-electron chi connectivity index (χ1n) is 6.40. The smallest absolute Gasteiger partial charge is 0.330 e. The summed E-state index contributed by atoms with van der Waals surface area (Å²) < 4.78 is 11.8. The number of methoxy groups -OCH3 is 1. The molecule has 118 valence electrons. The van der Waals surface area contributed by atoms with E-state index in [0.717, 1.165) is 0 Å². The Morgan fingerprint density at radius 3 is 2.86 bits per heavy atom. The Morgan fingerprint density at radius 1 is 1.62 bits per heavy atom. The zero-order chi connectivity index (χ0) is 15.6. The Balaban J connectivity index is 2.39. The van der Waals surface area contributed by atoms with Crippen molar-refractivity contribution in [3.63, 3.8) is 0 Å². The molecule has 0 bridgehead atoms. The number of rotatable bonds is 5. The Labute approximate surface area is 128 Å². The fourth-order valence-corrected chi connectivity index (χ4v) is 2.88. The fraction of sp³-hybridized carbons (Fsp3) is 0.667. The molecule has 0 amide bonds. The molecule has 2 heterocycles. The van der Waals surface area contributed by atoms with Gasteiger partial charge in [-0.1, -0.05) is 15.9 Å². The second kappa shape index (κ2) is 6.84. The molecule has 0 spiro atoms. The molecule has 21 heavy (non-hydrogen) atoms. The standard InChI is InChI=1S/C12H17BrN2O6/c1-20-8(3-13)6-4-15(12(19)14-11(6)18)10-2-7(17)9(5-16)21-10/h4,7-10,16-17H,2-3,5H2,1H3,(H,14,18,19)/t7-,8?,9+,10+/m0/s1. The normalized spacial score (nSPS) is 27.0. The quantitative estimate of drug-likeness (QED) is 0.593. The van der Waals surface area contributed by atoms with E-state index in [2.05, 4.69) is 20.9 Å². The maximum Gasteiger partial charge on any atom is 0.330 e. The van der Waals surface area contributed by atoms with E-state index < -0.39 is 35.8 Å². The van der Waals surface area contributed by atoms with E-state index in [0.29, 0.717) is 5.33 Å². The highest BCUT2D eigenvalue weighted by Crippen LogP contribution is 2.27. The van der Waals surface area contributed by atoms with E-state index in [-0.39, 0.29) is 18.6 Å². The lowest BCUT2D eigenvalue weighted by Gasteiger charge is -2.17. The van der Waals surface area contributed by atoms with Gasteiger partial charge in [-0.15, -0.1) is 0 Å². The third-order valence-corrected chi connectivity index (χ3v) is 4.05. The summed E-state index contributed by atoms with van der Waals surface area (Å²) in [6.07, 6.45) is -1.34. The number of hydrogen-bond acceptors (Lipinski definition) is 6. The molecule has 1 aliphatic heterocycles. The van der Waals surface area contributed by atoms with Crippen LogP contribution in [-0.4, -0.2) is 51.0 Å². The van der Waals surface area contributed by atoms with Crippen molar-refractivity contribution >= 4 is 15.9 Å². The monoisotopic (exact) mass is 364 g/mol. The van der Waals surface area contributed by atoms with E-state index in [4.69, 9.17) is 14.6 Å². The van der Waals surface area contributed by atoms with E-state index in [1.807, 2.05) is 0 Å². The molecular weight excluding hydrogens is 348 g/mol. The molecule has 1 aromatic heterocycles. The molecule has 8 nitrogen and oxygen atoms in total. The van der Waals surface area contributed by atoms with Gasteiger partial charge in [-0.05, 0) is 0 Å². The molecule has 0 aliphatic carbocycles. The average molecular weight is 365 g/mol. The number of ether oxygens (including phenoxy) is 2. The summed E-state index contributed by atoms with van der Waals surface area (Å²) in [4.78, 5) is 26.0. The van der Waals surface area contributed by atoms with Crippen molar-refractivity contribution in [1.82, 2.24) is 9.55 Å². The summed E-state index contributed by atoms with van der Waals surface area (Å²) in [6, 6.07) is 0. The lowest BCUT2D eigenvalue weighted by molar-refractivity contribution is -0.0461. The van der Waals surface area contributed by atoms with Gasteiger partial charge in [0.2, 0.25) is 0 Å². The summed E-state index contributed by atoms with van der Waals surface area (Å²) in [5, 5.41) is 19.2. The molecule has 1 aliphatic rings. The van der Waals surface area contributed by atoms with Crippen molar-refractivity contribution in [1.29, 1.82) is 0 Å². The molecule has 1 fully saturated rings. The maximum absolute atomic E-state index is 11.9. The predicted molar refractivity (Wildman–Crippen MR) is 76.5 cm³/mol. The summed E-state index contributed by atoms with van der Waals surface area (Å²) in [5.74, 6) is 0. The van der Waals surface area contributed by atoms with E-state index in [1.54, 1.807) is 0 Å².